The second kappa shape index (κ2) is 5.80. The summed E-state index contributed by atoms with van der Waals surface area (Å²) in [5, 5.41) is 0. The first-order chi connectivity index (χ1) is 10.8. The molecule has 3 heterocycles. The fourth-order valence-electron chi connectivity index (χ4n) is 3.00. The molecule has 0 unspecified atom stereocenters. The molecule has 2 aromatic heterocycles. The van der Waals surface area contributed by atoms with Crippen molar-refractivity contribution in [2.24, 2.45) is 5.73 Å². The molecule has 2 aromatic rings. The predicted molar refractivity (Wildman–Crippen MR) is 75.6 cm³/mol. The number of likely N-dealkylation sites (tertiary alicyclic amines) is 1. The molecule has 0 aromatic carbocycles. The Kier molecular flexibility index (Phi) is 3.97. The predicted octanol–water partition coefficient (Wildman–Crippen LogP) is 1.41. The normalized spacial score (nSPS) is 17.7. The number of imidazole rings is 1. The third-order valence-electron chi connectivity index (χ3n) is 4.08. The number of rotatable bonds is 3. The van der Waals surface area contributed by atoms with Crippen LogP contribution in [0.3, 0.4) is 0 Å². The van der Waals surface area contributed by atoms with E-state index in [9.17, 15) is 18.0 Å². The SMILES string of the molecule is NC(=O)CN1CCC(c2cc(C(F)(F)F)nc3nccn23)CC1. The van der Waals surface area contributed by atoms with Gasteiger partial charge in [0.05, 0.1) is 6.54 Å². The van der Waals surface area contributed by atoms with Crippen LogP contribution >= 0.6 is 0 Å². The monoisotopic (exact) mass is 327 g/mol. The molecule has 9 heteroatoms. The molecule has 23 heavy (non-hydrogen) atoms. The first-order valence-electron chi connectivity index (χ1n) is 7.26. The molecule has 0 spiro atoms. The van der Waals surface area contributed by atoms with Gasteiger partial charge in [0.1, 0.15) is 5.69 Å². The van der Waals surface area contributed by atoms with Gasteiger partial charge in [0.15, 0.2) is 0 Å². The molecule has 1 fully saturated rings. The zero-order valence-electron chi connectivity index (χ0n) is 12.3. The summed E-state index contributed by atoms with van der Waals surface area (Å²) in [6.07, 6.45) is -0.138. The van der Waals surface area contributed by atoms with Gasteiger partial charge in [-0.25, -0.2) is 9.97 Å². The number of fused-ring (bicyclic) bond motifs is 1. The molecule has 1 aliphatic rings. The number of hydrogen-bond acceptors (Lipinski definition) is 4. The molecule has 1 saturated heterocycles. The van der Waals surface area contributed by atoms with Gasteiger partial charge in [-0.2, -0.15) is 13.2 Å². The lowest BCUT2D eigenvalue weighted by atomic mass is 9.92. The van der Waals surface area contributed by atoms with Crippen molar-refractivity contribution in [1.29, 1.82) is 0 Å². The Hall–Kier alpha value is -2.16. The number of hydrogen-bond donors (Lipinski definition) is 1. The van der Waals surface area contributed by atoms with Gasteiger partial charge in [0.25, 0.3) is 0 Å². The summed E-state index contributed by atoms with van der Waals surface area (Å²) in [4.78, 5) is 20.3. The average Bonchev–Trinajstić information content (AvgIpc) is 2.94. The minimum atomic E-state index is -4.50. The van der Waals surface area contributed by atoms with Gasteiger partial charge in [0, 0.05) is 24.0 Å². The van der Waals surface area contributed by atoms with Crippen molar-refractivity contribution in [3.8, 4) is 0 Å². The summed E-state index contributed by atoms with van der Waals surface area (Å²) in [5.74, 6) is -0.391. The van der Waals surface area contributed by atoms with E-state index in [1.165, 1.54) is 6.20 Å². The maximum absolute atomic E-state index is 13.0. The van der Waals surface area contributed by atoms with Crippen molar-refractivity contribution in [3.05, 3.63) is 29.8 Å². The lowest BCUT2D eigenvalue weighted by molar-refractivity contribution is -0.141. The highest BCUT2D eigenvalue weighted by molar-refractivity contribution is 5.75. The number of alkyl halides is 3. The molecule has 124 valence electrons. The van der Waals surface area contributed by atoms with E-state index in [4.69, 9.17) is 5.73 Å². The molecule has 1 aliphatic heterocycles. The molecule has 0 bridgehead atoms. The quantitative estimate of drug-likeness (QED) is 0.925. The van der Waals surface area contributed by atoms with Gasteiger partial charge in [-0.15, -0.1) is 0 Å². The molecule has 2 N–H and O–H groups in total. The average molecular weight is 327 g/mol. The second-order valence-corrected chi connectivity index (χ2v) is 5.68. The van der Waals surface area contributed by atoms with E-state index >= 15 is 0 Å². The van der Waals surface area contributed by atoms with Crippen LogP contribution in [0.1, 0.15) is 30.1 Å². The number of amides is 1. The van der Waals surface area contributed by atoms with E-state index in [1.54, 1.807) is 10.6 Å². The highest BCUT2D eigenvalue weighted by atomic mass is 19.4. The third-order valence-corrected chi connectivity index (χ3v) is 4.08. The van der Waals surface area contributed by atoms with Crippen molar-refractivity contribution in [2.75, 3.05) is 19.6 Å². The van der Waals surface area contributed by atoms with Gasteiger partial charge in [-0.1, -0.05) is 0 Å². The summed E-state index contributed by atoms with van der Waals surface area (Å²) in [6.45, 7) is 1.41. The number of aromatic nitrogens is 3. The van der Waals surface area contributed by atoms with Crippen LogP contribution < -0.4 is 5.73 Å². The number of nitrogens with zero attached hydrogens (tertiary/aromatic N) is 4. The van der Waals surface area contributed by atoms with Crippen LogP contribution in [0.25, 0.3) is 5.78 Å². The first-order valence-corrected chi connectivity index (χ1v) is 7.26. The zero-order valence-corrected chi connectivity index (χ0v) is 12.3. The summed E-state index contributed by atoms with van der Waals surface area (Å²) in [5.41, 5.74) is 4.80. The Balaban J connectivity index is 1.88. The molecule has 0 radical (unpaired) electrons. The van der Waals surface area contributed by atoms with Crippen molar-refractivity contribution >= 4 is 11.7 Å². The lowest BCUT2D eigenvalue weighted by Crippen LogP contribution is -2.39. The summed E-state index contributed by atoms with van der Waals surface area (Å²) in [6, 6.07) is 1.10. The van der Waals surface area contributed by atoms with Crippen LogP contribution in [0.4, 0.5) is 13.2 Å². The summed E-state index contributed by atoms with van der Waals surface area (Å²) >= 11 is 0. The summed E-state index contributed by atoms with van der Waals surface area (Å²) < 4.78 is 40.6. The number of primary amides is 1. The van der Waals surface area contributed by atoms with E-state index in [-0.39, 0.29) is 18.2 Å². The van der Waals surface area contributed by atoms with Crippen molar-refractivity contribution in [1.82, 2.24) is 19.3 Å². The Morgan fingerprint density at radius 2 is 2.04 bits per heavy atom. The fourth-order valence-corrected chi connectivity index (χ4v) is 3.00. The van der Waals surface area contributed by atoms with E-state index in [0.29, 0.717) is 31.6 Å². The van der Waals surface area contributed by atoms with Crippen LogP contribution in [0.15, 0.2) is 18.5 Å². The van der Waals surface area contributed by atoms with Crippen LogP contribution in [0.5, 0.6) is 0 Å². The third kappa shape index (κ3) is 3.29. The van der Waals surface area contributed by atoms with Crippen LogP contribution in [-0.2, 0) is 11.0 Å². The largest absolute Gasteiger partial charge is 0.433 e. The van der Waals surface area contributed by atoms with E-state index < -0.39 is 17.8 Å². The van der Waals surface area contributed by atoms with E-state index in [0.717, 1.165) is 6.07 Å². The maximum atomic E-state index is 13.0. The number of nitrogens with two attached hydrogens (primary N) is 1. The second-order valence-electron chi connectivity index (χ2n) is 5.68. The van der Waals surface area contributed by atoms with Crippen molar-refractivity contribution in [3.63, 3.8) is 0 Å². The molecule has 0 saturated carbocycles. The van der Waals surface area contributed by atoms with Crippen LogP contribution in [0.2, 0.25) is 0 Å². The summed E-state index contributed by atoms with van der Waals surface area (Å²) in [7, 11) is 0. The molecule has 6 nitrogen and oxygen atoms in total. The number of halogens is 3. The molecular weight excluding hydrogens is 311 g/mol. The highest BCUT2D eigenvalue weighted by Crippen LogP contribution is 2.33. The molecular formula is C14H16F3N5O. The maximum Gasteiger partial charge on any atom is 0.433 e. The van der Waals surface area contributed by atoms with Crippen molar-refractivity contribution < 1.29 is 18.0 Å². The number of piperidine rings is 1. The highest BCUT2D eigenvalue weighted by Gasteiger charge is 2.35. The van der Waals surface area contributed by atoms with Crippen LogP contribution in [-0.4, -0.2) is 44.8 Å². The lowest BCUT2D eigenvalue weighted by Gasteiger charge is -2.31. The topological polar surface area (TPSA) is 76.5 Å². The molecule has 1 amide bonds. The zero-order chi connectivity index (χ0) is 16.6. The Bertz CT molecular complexity index is 719. The number of carbonyl (C=O) groups is 1. The Morgan fingerprint density at radius 3 is 2.65 bits per heavy atom. The van der Waals surface area contributed by atoms with Gasteiger partial charge in [0.2, 0.25) is 11.7 Å². The number of carbonyl (C=O) groups excluding carboxylic acids is 1. The fraction of sp³-hybridized carbons (Fsp3) is 0.500. The van der Waals surface area contributed by atoms with Gasteiger partial charge < -0.3 is 5.73 Å². The minimum absolute atomic E-state index is 0.0417. The molecule has 3 rings (SSSR count). The van der Waals surface area contributed by atoms with Gasteiger partial charge in [-0.05, 0) is 32.0 Å². The minimum Gasteiger partial charge on any atom is -0.369 e. The Morgan fingerprint density at radius 1 is 1.35 bits per heavy atom. The van der Waals surface area contributed by atoms with E-state index in [1.807, 2.05) is 4.90 Å². The van der Waals surface area contributed by atoms with Crippen molar-refractivity contribution in [2.45, 2.75) is 24.9 Å². The van der Waals surface area contributed by atoms with E-state index in [2.05, 4.69) is 9.97 Å². The molecule has 0 atom stereocenters. The smallest absolute Gasteiger partial charge is 0.369 e. The van der Waals surface area contributed by atoms with Gasteiger partial charge in [-0.3, -0.25) is 14.1 Å². The molecule has 0 aliphatic carbocycles. The van der Waals surface area contributed by atoms with Crippen LogP contribution in [0, 0.1) is 0 Å². The first kappa shape index (κ1) is 15.7. The standard InChI is InChI=1S/C14H16F3N5O/c15-14(16,17)11-7-10(22-6-3-19-13(22)20-11)9-1-4-21(5-2-9)8-12(18)23/h3,6-7,9H,1-2,4-5,8H2,(H2,18,23). The Labute approximate surface area is 130 Å². The van der Waals surface area contributed by atoms with Gasteiger partial charge >= 0.3 is 6.18 Å².